The van der Waals surface area contributed by atoms with Gasteiger partial charge >= 0.3 is 0 Å². The topological polar surface area (TPSA) is 49.7 Å². The van der Waals surface area contributed by atoms with Gasteiger partial charge in [0.05, 0.1) is 11.4 Å². The van der Waals surface area contributed by atoms with Crippen molar-refractivity contribution < 1.29 is 9.59 Å². The van der Waals surface area contributed by atoms with Gasteiger partial charge in [-0.15, -0.1) is 0 Å². The van der Waals surface area contributed by atoms with Crippen molar-refractivity contribution in [1.82, 2.24) is 0 Å². The Morgan fingerprint density at radius 3 is 2.33 bits per heavy atom. The van der Waals surface area contributed by atoms with E-state index in [2.05, 4.69) is 12.0 Å². The van der Waals surface area contributed by atoms with Gasteiger partial charge in [-0.2, -0.15) is 10.1 Å². The molecule has 4 nitrogen and oxygen atoms in total. The minimum atomic E-state index is -0.690. The Hall–Kier alpha value is -1.97. The highest BCUT2D eigenvalue weighted by molar-refractivity contribution is 6.26. The first kappa shape index (κ1) is 18.4. The molecule has 1 heterocycles. The van der Waals surface area contributed by atoms with Crippen LogP contribution in [0.2, 0.25) is 0 Å². The first-order valence-electron chi connectivity index (χ1n) is 9.12. The number of anilines is 1. The number of benzene rings is 1. The maximum absolute atomic E-state index is 12.6. The number of carbonyl (C=O) groups excluding carboxylic acids is 2. The minimum absolute atomic E-state index is 0.00763. The summed E-state index contributed by atoms with van der Waals surface area (Å²) in [6.07, 6.45) is 8.65. The fraction of sp³-hybridized carbons (Fsp3) is 0.550. The zero-order valence-electron chi connectivity index (χ0n) is 14.8. The fourth-order valence-corrected chi connectivity index (χ4v) is 3.09. The lowest BCUT2D eigenvalue weighted by molar-refractivity contribution is -0.129. The molecule has 1 atom stereocenters. The van der Waals surface area contributed by atoms with Crippen LogP contribution in [-0.4, -0.2) is 17.4 Å². The van der Waals surface area contributed by atoms with E-state index in [4.69, 9.17) is 0 Å². The zero-order chi connectivity index (χ0) is 17.4. The SMILES string of the molecule is CCCCCCCCCC(=O)C1C(=O)N(c2ccccc2)N=C1C. The summed E-state index contributed by atoms with van der Waals surface area (Å²) in [5.41, 5.74) is 1.32. The van der Waals surface area contributed by atoms with E-state index in [0.29, 0.717) is 17.8 Å². The third-order valence-corrected chi connectivity index (χ3v) is 4.48. The van der Waals surface area contributed by atoms with Gasteiger partial charge in [0, 0.05) is 6.42 Å². The van der Waals surface area contributed by atoms with Gasteiger partial charge in [0.15, 0.2) is 5.78 Å². The molecule has 0 aromatic heterocycles. The molecular formula is C20H28N2O2. The van der Waals surface area contributed by atoms with Crippen molar-refractivity contribution in [2.45, 2.75) is 65.2 Å². The molecule has 0 radical (unpaired) electrons. The molecule has 0 spiro atoms. The Morgan fingerprint density at radius 1 is 1.04 bits per heavy atom. The van der Waals surface area contributed by atoms with Crippen LogP contribution in [-0.2, 0) is 9.59 Å². The quantitative estimate of drug-likeness (QED) is 0.460. The number of unbranched alkanes of at least 4 members (excludes halogenated alkanes) is 6. The Bertz CT molecular complexity index is 581. The highest BCUT2D eigenvalue weighted by Gasteiger charge is 2.38. The van der Waals surface area contributed by atoms with E-state index in [-0.39, 0.29) is 11.7 Å². The Kier molecular flexibility index (Phi) is 7.16. The normalized spacial score (nSPS) is 17.2. The molecule has 1 aromatic rings. The van der Waals surface area contributed by atoms with Crippen LogP contribution in [0.25, 0.3) is 0 Å². The number of Topliss-reactive ketones (excluding diaryl/α,β-unsaturated/α-hetero) is 1. The Labute approximate surface area is 144 Å². The summed E-state index contributed by atoms with van der Waals surface area (Å²) < 4.78 is 0. The first-order valence-corrected chi connectivity index (χ1v) is 9.12. The predicted octanol–water partition coefficient (Wildman–Crippen LogP) is 4.74. The van der Waals surface area contributed by atoms with Crippen molar-refractivity contribution >= 4 is 23.1 Å². The molecule has 1 aliphatic heterocycles. The molecule has 24 heavy (non-hydrogen) atoms. The summed E-state index contributed by atoms with van der Waals surface area (Å²) in [4.78, 5) is 25.0. The third-order valence-electron chi connectivity index (χ3n) is 4.48. The maximum atomic E-state index is 12.6. The van der Waals surface area contributed by atoms with Crippen molar-refractivity contribution in [3.05, 3.63) is 30.3 Å². The van der Waals surface area contributed by atoms with E-state index in [1.54, 1.807) is 6.92 Å². The van der Waals surface area contributed by atoms with Crippen LogP contribution < -0.4 is 5.01 Å². The molecule has 4 heteroatoms. The molecule has 1 amide bonds. The second-order valence-electron chi connectivity index (χ2n) is 6.50. The van der Waals surface area contributed by atoms with E-state index < -0.39 is 5.92 Å². The monoisotopic (exact) mass is 328 g/mol. The summed E-state index contributed by atoms with van der Waals surface area (Å²) in [5, 5.41) is 5.66. The molecule has 130 valence electrons. The van der Waals surface area contributed by atoms with Gasteiger partial charge in [0.2, 0.25) is 0 Å². The largest absolute Gasteiger partial charge is 0.298 e. The third kappa shape index (κ3) is 4.76. The van der Waals surface area contributed by atoms with E-state index >= 15 is 0 Å². The van der Waals surface area contributed by atoms with Gasteiger partial charge in [0.25, 0.3) is 5.91 Å². The Morgan fingerprint density at radius 2 is 1.67 bits per heavy atom. The Balaban J connectivity index is 1.81. The fourth-order valence-electron chi connectivity index (χ4n) is 3.09. The second-order valence-corrected chi connectivity index (χ2v) is 6.50. The maximum Gasteiger partial charge on any atom is 0.263 e. The van der Waals surface area contributed by atoms with Crippen molar-refractivity contribution in [1.29, 1.82) is 0 Å². The summed E-state index contributed by atoms with van der Waals surface area (Å²) >= 11 is 0. The van der Waals surface area contributed by atoms with Gasteiger partial charge < -0.3 is 0 Å². The molecule has 0 saturated heterocycles. The molecule has 0 bridgehead atoms. The van der Waals surface area contributed by atoms with Crippen LogP contribution >= 0.6 is 0 Å². The average Bonchev–Trinajstić information content (AvgIpc) is 2.89. The van der Waals surface area contributed by atoms with Gasteiger partial charge in [-0.1, -0.05) is 63.6 Å². The number of hydrogen-bond donors (Lipinski definition) is 0. The molecule has 0 aliphatic carbocycles. The van der Waals surface area contributed by atoms with Crippen molar-refractivity contribution in [3.8, 4) is 0 Å². The summed E-state index contributed by atoms with van der Waals surface area (Å²) in [7, 11) is 0. The van der Waals surface area contributed by atoms with Crippen LogP contribution in [0, 0.1) is 5.92 Å². The number of hydrogen-bond acceptors (Lipinski definition) is 3. The number of carbonyl (C=O) groups is 2. The molecule has 0 fully saturated rings. The molecule has 2 rings (SSSR count). The number of para-hydroxylation sites is 1. The van der Waals surface area contributed by atoms with Crippen molar-refractivity contribution in [2.75, 3.05) is 5.01 Å². The van der Waals surface area contributed by atoms with Crippen LogP contribution in [0.5, 0.6) is 0 Å². The highest BCUT2D eigenvalue weighted by Crippen LogP contribution is 2.25. The summed E-state index contributed by atoms with van der Waals surface area (Å²) in [5.74, 6) is -0.898. The molecule has 0 N–H and O–H groups in total. The standard InChI is InChI=1S/C20H28N2O2/c1-3-4-5-6-7-8-12-15-18(23)19-16(2)21-22(20(19)24)17-13-10-9-11-14-17/h9-11,13-14,19H,3-8,12,15H2,1-2H3. The predicted molar refractivity (Wildman–Crippen MR) is 98.1 cm³/mol. The lowest BCUT2D eigenvalue weighted by Gasteiger charge is -2.13. The zero-order valence-corrected chi connectivity index (χ0v) is 14.8. The van der Waals surface area contributed by atoms with Crippen molar-refractivity contribution in [3.63, 3.8) is 0 Å². The molecule has 1 aromatic carbocycles. The molecule has 0 saturated carbocycles. The number of ketones is 1. The van der Waals surface area contributed by atoms with Gasteiger partial charge in [-0.25, -0.2) is 0 Å². The number of nitrogens with zero attached hydrogens (tertiary/aromatic N) is 2. The van der Waals surface area contributed by atoms with Gasteiger partial charge in [-0.3, -0.25) is 9.59 Å². The van der Waals surface area contributed by atoms with Gasteiger partial charge in [-0.05, 0) is 25.5 Å². The van der Waals surface area contributed by atoms with Crippen LogP contribution in [0.4, 0.5) is 5.69 Å². The van der Waals surface area contributed by atoms with Gasteiger partial charge in [0.1, 0.15) is 5.92 Å². The summed E-state index contributed by atoms with van der Waals surface area (Å²) in [6, 6.07) is 9.28. The van der Waals surface area contributed by atoms with Crippen LogP contribution in [0.1, 0.15) is 65.2 Å². The lowest BCUT2D eigenvalue weighted by atomic mass is 9.94. The van der Waals surface area contributed by atoms with E-state index in [1.165, 1.54) is 37.1 Å². The second kappa shape index (κ2) is 9.36. The smallest absolute Gasteiger partial charge is 0.263 e. The lowest BCUT2D eigenvalue weighted by Crippen LogP contribution is -2.32. The van der Waals surface area contributed by atoms with E-state index in [1.807, 2.05) is 30.3 Å². The van der Waals surface area contributed by atoms with Crippen LogP contribution in [0.15, 0.2) is 35.4 Å². The van der Waals surface area contributed by atoms with Crippen LogP contribution in [0.3, 0.4) is 0 Å². The molecule has 1 aliphatic rings. The van der Waals surface area contributed by atoms with E-state index in [9.17, 15) is 9.59 Å². The first-order chi connectivity index (χ1) is 11.6. The minimum Gasteiger partial charge on any atom is -0.298 e. The molecular weight excluding hydrogens is 300 g/mol. The number of amides is 1. The van der Waals surface area contributed by atoms with Crippen molar-refractivity contribution in [2.24, 2.45) is 11.0 Å². The summed E-state index contributed by atoms with van der Waals surface area (Å²) in [6.45, 7) is 3.98. The number of rotatable bonds is 10. The van der Waals surface area contributed by atoms with E-state index in [0.717, 1.165) is 12.8 Å². The molecule has 1 unspecified atom stereocenters. The average molecular weight is 328 g/mol. The number of hydrazone groups is 1. The highest BCUT2D eigenvalue weighted by atomic mass is 16.2.